The van der Waals surface area contributed by atoms with E-state index in [1.165, 1.54) is 10.4 Å². The highest BCUT2D eigenvalue weighted by Crippen LogP contribution is 2.20. The second-order valence-corrected chi connectivity index (χ2v) is 6.06. The Balaban J connectivity index is 1.99. The Morgan fingerprint density at radius 1 is 1.30 bits per heavy atom. The lowest BCUT2D eigenvalue weighted by Gasteiger charge is -2.12. The van der Waals surface area contributed by atoms with Crippen molar-refractivity contribution in [3.63, 3.8) is 0 Å². The van der Waals surface area contributed by atoms with Gasteiger partial charge in [0, 0.05) is 4.88 Å². The van der Waals surface area contributed by atoms with Crippen molar-refractivity contribution in [1.29, 1.82) is 0 Å². The largest absolute Gasteiger partial charge is 0.481 e. The number of benzene rings is 1. The fraction of sp³-hybridized carbons (Fsp3) is 0.375. The van der Waals surface area contributed by atoms with Gasteiger partial charge in [-0.15, -0.1) is 11.3 Å². The van der Waals surface area contributed by atoms with Crippen LogP contribution in [0.25, 0.3) is 0 Å². The highest BCUT2D eigenvalue weighted by atomic mass is 32.1. The monoisotopic (exact) mass is 289 g/mol. The molecule has 0 bridgehead atoms. The Labute approximate surface area is 123 Å². The van der Waals surface area contributed by atoms with Crippen LogP contribution in [-0.4, -0.2) is 16.1 Å². The van der Waals surface area contributed by atoms with Crippen molar-refractivity contribution in [2.24, 2.45) is 5.92 Å². The van der Waals surface area contributed by atoms with Crippen LogP contribution in [0.2, 0.25) is 0 Å². The molecule has 1 aromatic heterocycles. The van der Waals surface area contributed by atoms with Gasteiger partial charge in [0.2, 0.25) is 0 Å². The predicted octanol–water partition coefficient (Wildman–Crippen LogP) is 3.64. The molecule has 20 heavy (non-hydrogen) atoms. The van der Waals surface area contributed by atoms with Crippen LogP contribution < -0.4 is 0 Å². The van der Waals surface area contributed by atoms with Crippen LogP contribution in [0, 0.1) is 19.8 Å². The molecule has 0 aliphatic rings. The molecule has 0 aliphatic carbocycles. The number of aromatic nitrogens is 1. The summed E-state index contributed by atoms with van der Waals surface area (Å²) in [5, 5.41) is 9.37. The van der Waals surface area contributed by atoms with Crippen molar-refractivity contribution in [3.05, 3.63) is 51.5 Å². The quantitative estimate of drug-likeness (QED) is 0.883. The Hall–Kier alpha value is -1.68. The smallest absolute Gasteiger partial charge is 0.306 e. The van der Waals surface area contributed by atoms with Crippen molar-refractivity contribution in [3.8, 4) is 0 Å². The zero-order valence-electron chi connectivity index (χ0n) is 11.8. The molecule has 0 saturated heterocycles. The van der Waals surface area contributed by atoms with E-state index in [2.05, 4.69) is 4.98 Å². The van der Waals surface area contributed by atoms with Crippen molar-refractivity contribution in [2.45, 2.75) is 33.1 Å². The third-order valence-electron chi connectivity index (χ3n) is 3.52. The molecule has 0 fully saturated rings. The molecule has 0 radical (unpaired) electrons. The Kier molecular flexibility index (Phi) is 4.90. The number of carboxylic acid groups (broad SMARTS) is 1. The average Bonchev–Trinajstić information content (AvgIpc) is 2.82. The lowest BCUT2D eigenvalue weighted by Crippen LogP contribution is -2.17. The van der Waals surface area contributed by atoms with E-state index in [1.54, 1.807) is 11.3 Å². The summed E-state index contributed by atoms with van der Waals surface area (Å²) in [6, 6.07) is 8.09. The molecule has 106 valence electrons. The first kappa shape index (κ1) is 14.7. The topological polar surface area (TPSA) is 50.2 Å². The van der Waals surface area contributed by atoms with Crippen molar-refractivity contribution >= 4 is 17.3 Å². The summed E-state index contributed by atoms with van der Waals surface area (Å²) in [6.45, 7) is 4.01. The van der Waals surface area contributed by atoms with E-state index >= 15 is 0 Å². The van der Waals surface area contributed by atoms with Crippen LogP contribution in [0.3, 0.4) is 0 Å². The molecular weight excluding hydrogens is 270 g/mol. The molecular formula is C16H19NO2S. The zero-order valence-corrected chi connectivity index (χ0v) is 12.6. The fourth-order valence-corrected chi connectivity index (χ4v) is 2.99. The molecule has 0 aliphatic heterocycles. The number of thiazole rings is 1. The first-order valence-electron chi connectivity index (χ1n) is 6.73. The number of aliphatic carboxylic acids is 1. The van der Waals surface area contributed by atoms with Crippen LogP contribution in [0.5, 0.6) is 0 Å². The van der Waals surface area contributed by atoms with Gasteiger partial charge in [0.1, 0.15) is 0 Å². The number of rotatable bonds is 6. The number of carboxylic acids is 1. The molecule has 2 aromatic rings. The van der Waals surface area contributed by atoms with Gasteiger partial charge in [0.05, 0.1) is 17.1 Å². The van der Waals surface area contributed by atoms with E-state index in [-0.39, 0.29) is 5.92 Å². The number of nitrogens with zero attached hydrogens (tertiary/aromatic N) is 1. The summed E-state index contributed by atoms with van der Waals surface area (Å²) in [7, 11) is 0. The van der Waals surface area contributed by atoms with Crippen LogP contribution >= 0.6 is 11.3 Å². The van der Waals surface area contributed by atoms with E-state index < -0.39 is 5.97 Å². The van der Waals surface area contributed by atoms with Gasteiger partial charge in [0.15, 0.2) is 0 Å². The van der Waals surface area contributed by atoms with Gasteiger partial charge in [-0.3, -0.25) is 4.79 Å². The molecule has 0 amide bonds. The van der Waals surface area contributed by atoms with Crippen LogP contribution in [0.15, 0.2) is 29.8 Å². The molecule has 1 atom stereocenters. The summed E-state index contributed by atoms with van der Waals surface area (Å²) in [6.07, 6.45) is 2.04. The van der Waals surface area contributed by atoms with Crippen LogP contribution in [0.1, 0.15) is 28.1 Å². The normalized spacial score (nSPS) is 12.3. The molecule has 0 spiro atoms. The minimum absolute atomic E-state index is 0.334. The highest BCUT2D eigenvalue weighted by Gasteiger charge is 2.18. The standard InChI is InChI=1S/C16H19NO2S/c1-11-3-5-13(6-4-11)9-14(16(18)19)7-8-15-12(2)17-10-20-15/h3-6,10,14H,7-9H2,1-2H3,(H,18,19). The van der Waals surface area contributed by atoms with Crippen molar-refractivity contribution in [1.82, 2.24) is 4.98 Å². The Morgan fingerprint density at radius 2 is 2.00 bits per heavy atom. The molecule has 4 heteroatoms. The van der Waals surface area contributed by atoms with E-state index in [0.29, 0.717) is 12.8 Å². The van der Waals surface area contributed by atoms with Crippen molar-refractivity contribution in [2.75, 3.05) is 0 Å². The summed E-state index contributed by atoms with van der Waals surface area (Å²) in [4.78, 5) is 16.8. The second-order valence-electron chi connectivity index (χ2n) is 5.12. The second kappa shape index (κ2) is 6.66. The Bertz CT molecular complexity index is 574. The van der Waals surface area contributed by atoms with Gasteiger partial charge < -0.3 is 5.11 Å². The summed E-state index contributed by atoms with van der Waals surface area (Å²) in [5.41, 5.74) is 5.12. The number of carbonyl (C=O) groups is 1. The summed E-state index contributed by atoms with van der Waals surface area (Å²) in [5.74, 6) is -1.05. The number of aryl methyl sites for hydroxylation is 3. The predicted molar refractivity (Wildman–Crippen MR) is 81.2 cm³/mol. The third-order valence-corrected chi connectivity index (χ3v) is 4.51. The van der Waals surface area contributed by atoms with Gasteiger partial charge in [-0.05, 0) is 38.7 Å². The zero-order chi connectivity index (χ0) is 14.5. The van der Waals surface area contributed by atoms with E-state index in [9.17, 15) is 9.90 Å². The maximum Gasteiger partial charge on any atom is 0.306 e. The Morgan fingerprint density at radius 3 is 2.55 bits per heavy atom. The maximum absolute atomic E-state index is 11.4. The minimum atomic E-state index is -0.715. The van der Waals surface area contributed by atoms with Gasteiger partial charge in [-0.25, -0.2) is 4.98 Å². The lowest BCUT2D eigenvalue weighted by atomic mass is 9.94. The van der Waals surface area contributed by atoms with E-state index in [0.717, 1.165) is 17.7 Å². The van der Waals surface area contributed by atoms with Crippen LogP contribution in [0.4, 0.5) is 0 Å². The van der Waals surface area contributed by atoms with Gasteiger partial charge >= 0.3 is 5.97 Å². The number of hydrogen-bond donors (Lipinski definition) is 1. The highest BCUT2D eigenvalue weighted by molar-refractivity contribution is 7.09. The van der Waals surface area contributed by atoms with Crippen molar-refractivity contribution < 1.29 is 9.90 Å². The van der Waals surface area contributed by atoms with Gasteiger partial charge in [0.25, 0.3) is 0 Å². The molecule has 1 N–H and O–H groups in total. The SMILES string of the molecule is Cc1ccc(CC(CCc2scnc2C)C(=O)O)cc1. The minimum Gasteiger partial charge on any atom is -0.481 e. The summed E-state index contributed by atoms with van der Waals surface area (Å²) >= 11 is 1.61. The molecule has 0 saturated carbocycles. The first-order chi connectivity index (χ1) is 9.56. The molecule has 3 nitrogen and oxygen atoms in total. The summed E-state index contributed by atoms with van der Waals surface area (Å²) < 4.78 is 0. The average molecular weight is 289 g/mol. The fourth-order valence-electron chi connectivity index (χ4n) is 2.19. The van der Waals surface area contributed by atoms with E-state index in [4.69, 9.17) is 0 Å². The molecule has 1 unspecified atom stereocenters. The van der Waals surface area contributed by atoms with Crippen LogP contribution in [-0.2, 0) is 17.6 Å². The lowest BCUT2D eigenvalue weighted by molar-refractivity contribution is -0.141. The molecule has 1 aromatic carbocycles. The molecule has 1 heterocycles. The maximum atomic E-state index is 11.4. The first-order valence-corrected chi connectivity index (χ1v) is 7.61. The molecule has 2 rings (SSSR count). The van der Waals surface area contributed by atoms with E-state index in [1.807, 2.05) is 43.6 Å². The van der Waals surface area contributed by atoms with Gasteiger partial charge in [-0.1, -0.05) is 29.8 Å². The van der Waals surface area contributed by atoms with Gasteiger partial charge in [-0.2, -0.15) is 0 Å². The third kappa shape index (κ3) is 3.90. The number of hydrogen-bond acceptors (Lipinski definition) is 3.